The fraction of sp³-hybridized carbons (Fsp3) is 0.318. The maximum absolute atomic E-state index is 13.3. The summed E-state index contributed by atoms with van der Waals surface area (Å²) in [4.78, 5) is 14.9. The van der Waals surface area contributed by atoms with Crippen LogP contribution in [-0.4, -0.2) is 26.5 Å². The Kier molecular flexibility index (Phi) is 4.38. The van der Waals surface area contributed by atoms with Crippen LogP contribution in [0.25, 0.3) is 22.3 Å². The maximum atomic E-state index is 13.3. The van der Waals surface area contributed by atoms with Crippen molar-refractivity contribution in [2.45, 2.75) is 25.7 Å². The van der Waals surface area contributed by atoms with Crippen LogP contribution in [0.5, 0.6) is 0 Å². The van der Waals surface area contributed by atoms with Crippen molar-refractivity contribution in [1.82, 2.24) is 5.32 Å². The first kappa shape index (κ1) is 17.6. The lowest BCUT2D eigenvalue weighted by Gasteiger charge is -2.20. The Hall–Kier alpha value is -2.82. The van der Waals surface area contributed by atoms with Gasteiger partial charge in [0.05, 0.1) is 5.56 Å². The molecule has 1 amide bonds. The van der Waals surface area contributed by atoms with E-state index in [1.807, 2.05) is 6.07 Å². The fourth-order valence-electron chi connectivity index (χ4n) is 3.94. The second-order valence-corrected chi connectivity index (χ2v) is 7.26. The summed E-state index contributed by atoms with van der Waals surface area (Å²) in [5, 5.41) is 3.51. The molecule has 1 aliphatic heterocycles. The van der Waals surface area contributed by atoms with E-state index in [-0.39, 0.29) is 11.7 Å². The molecule has 1 aromatic heterocycles. The van der Waals surface area contributed by atoms with Gasteiger partial charge < -0.3 is 14.6 Å². The average Bonchev–Trinajstić information content (AvgIpc) is 2.98. The van der Waals surface area contributed by atoms with E-state index in [1.54, 1.807) is 19.2 Å². The van der Waals surface area contributed by atoms with Crippen LogP contribution in [0.15, 0.2) is 40.8 Å². The molecule has 0 fully saturated rings. The molecule has 0 spiro atoms. The molecule has 1 aliphatic rings. The van der Waals surface area contributed by atoms with Crippen LogP contribution >= 0.6 is 0 Å². The first-order valence-corrected chi connectivity index (χ1v) is 9.29. The number of fused-ring (bicyclic) bond motifs is 2. The summed E-state index contributed by atoms with van der Waals surface area (Å²) in [6, 6.07) is 10.2. The second kappa shape index (κ2) is 6.72. The lowest BCUT2D eigenvalue weighted by atomic mass is 9.93. The Morgan fingerprint density at radius 3 is 2.70 bits per heavy atom. The Labute approximate surface area is 158 Å². The molecular weight excluding hydrogens is 343 g/mol. The van der Waals surface area contributed by atoms with Gasteiger partial charge >= 0.3 is 0 Å². The monoisotopic (exact) mass is 366 g/mol. The van der Waals surface area contributed by atoms with Gasteiger partial charge in [0, 0.05) is 43.3 Å². The van der Waals surface area contributed by atoms with E-state index in [0.717, 1.165) is 30.5 Å². The molecule has 1 N–H and O–H groups in total. The van der Waals surface area contributed by atoms with Gasteiger partial charge in [0.15, 0.2) is 0 Å². The second-order valence-electron chi connectivity index (χ2n) is 7.26. The highest BCUT2D eigenvalue weighted by molar-refractivity contribution is 6.11. The van der Waals surface area contributed by atoms with Crippen LogP contribution in [0, 0.1) is 5.82 Å². The zero-order valence-electron chi connectivity index (χ0n) is 15.8. The molecule has 1 unspecified atom stereocenters. The number of amides is 1. The summed E-state index contributed by atoms with van der Waals surface area (Å²) in [6.45, 7) is 3.22. The minimum atomic E-state index is -0.321. The van der Waals surface area contributed by atoms with Crippen molar-refractivity contribution < 1.29 is 13.6 Å². The van der Waals surface area contributed by atoms with E-state index >= 15 is 0 Å². The minimum Gasteiger partial charge on any atom is -0.455 e. The number of furan rings is 1. The van der Waals surface area contributed by atoms with Crippen LogP contribution < -0.4 is 10.2 Å². The Balaban J connectivity index is 1.99. The lowest BCUT2D eigenvalue weighted by molar-refractivity contribution is 0.0964. The van der Waals surface area contributed by atoms with E-state index in [2.05, 4.69) is 30.3 Å². The lowest BCUT2D eigenvalue weighted by Crippen LogP contribution is -2.19. The molecule has 27 heavy (non-hydrogen) atoms. The first-order chi connectivity index (χ1) is 13.0. The van der Waals surface area contributed by atoms with Gasteiger partial charge in [-0.25, -0.2) is 4.39 Å². The van der Waals surface area contributed by atoms with Crippen LogP contribution in [0.1, 0.15) is 41.6 Å². The molecule has 0 bridgehead atoms. The Morgan fingerprint density at radius 2 is 2.00 bits per heavy atom. The van der Waals surface area contributed by atoms with Gasteiger partial charge in [-0.2, -0.15) is 0 Å². The molecule has 140 valence electrons. The van der Waals surface area contributed by atoms with E-state index < -0.39 is 0 Å². The van der Waals surface area contributed by atoms with Gasteiger partial charge in [-0.05, 0) is 54.7 Å². The van der Waals surface area contributed by atoms with Gasteiger partial charge in [0.2, 0.25) is 0 Å². The van der Waals surface area contributed by atoms with Gasteiger partial charge in [-0.15, -0.1) is 0 Å². The van der Waals surface area contributed by atoms with Crippen molar-refractivity contribution in [2.75, 3.05) is 25.5 Å². The number of carbonyl (C=O) groups is 1. The molecular formula is C22H23FN2O2. The predicted molar refractivity (Wildman–Crippen MR) is 106 cm³/mol. The normalized spacial score (nSPS) is 16.9. The quantitative estimate of drug-likeness (QED) is 0.699. The number of halogens is 1. The van der Waals surface area contributed by atoms with Crippen LogP contribution in [0.3, 0.4) is 0 Å². The molecule has 4 rings (SSSR count). The molecule has 4 nitrogen and oxygen atoms in total. The third-order valence-electron chi connectivity index (χ3n) is 5.47. The Bertz CT molecular complexity index is 1010. The third kappa shape index (κ3) is 2.97. The molecule has 2 aromatic carbocycles. The van der Waals surface area contributed by atoms with Crippen LogP contribution in [0.4, 0.5) is 10.1 Å². The highest BCUT2D eigenvalue weighted by atomic mass is 19.1. The van der Waals surface area contributed by atoms with Crippen LogP contribution in [0.2, 0.25) is 0 Å². The predicted octanol–water partition coefficient (Wildman–Crippen LogP) is 4.93. The summed E-state index contributed by atoms with van der Waals surface area (Å²) < 4.78 is 19.5. The van der Waals surface area contributed by atoms with Gasteiger partial charge in [0.1, 0.15) is 17.2 Å². The average molecular weight is 366 g/mol. The zero-order chi connectivity index (χ0) is 19.1. The molecule has 3 aromatic rings. The summed E-state index contributed by atoms with van der Waals surface area (Å²) in [7, 11) is 3.70. The molecule has 5 heteroatoms. The molecule has 0 saturated carbocycles. The summed E-state index contributed by atoms with van der Waals surface area (Å²) in [6.07, 6.45) is 2.25. The summed E-state index contributed by atoms with van der Waals surface area (Å²) >= 11 is 0. The number of hydrogen-bond donors (Lipinski definition) is 1. The van der Waals surface area contributed by atoms with Crippen molar-refractivity contribution >= 4 is 22.6 Å². The smallest absolute Gasteiger partial charge is 0.255 e. The molecule has 1 atom stereocenters. The largest absolute Gasteiger partial charge is 0.455 e. The molecule has 0 radical (unpaired) electrons. The van der Waals surface area contributed by atoms with E-state index in [9.17, 15) is 9.18 Å². The fourth-order valence-corrected chi connectivity index (χ4v) is 3.94. The SMILES string of the molecule is CNC(=O)c1c(-c2ccc(F)cc2)oc2cc3c(cc12)C(C)CCCN3C. The number of rotatable bonds is 2. The van der Waals surface area contributed by atoms with Crippen molar-refractivity contribution in [3.8, 4) is 11.3 Å². The van der Waals surface area contributed by atoms with Gasteiger partial charge in [0.25, 0.3) is 5.91 Å². The van der Waals surface area contributed by atoms with Gasteiger partial charge in [-0.1, -0.05) is 6.92 Å². The van der Waals surface area contributed by atoms with E-state index in [1.165, 1.54) is 17.7 Å². The summed E-state index contributed by atoms with van der Waals surface area (Å²) in [5.74, 6) is 0.358. The highest BCUT2D eigenvalue weighted by Gasteiger charge is 2.26. The molecule has 2 heterocycles. The number of anilines is 1. The third-order valence-corrected chi connectivity index (χ3v) is 5.47. The Morgan fingerprint density at radius 1 is 1.26 bits per heavy atom. The highest BCUT2D eigenvalue weighted by Crippen LogP contribution is 2.41. The van der Waals surface area contributed by atoms with Gasteiger partial charge in [-0.3, -0.25) is 4.79 Å². The number of nitrogens with one attached hydrogen (secondary N) is 1. The maximum Gasteiger partial charge on any atom is 0.255 e. The van der Waals surface area contributed by atoms with Crippen molar-refractivity contribution in [3.05, 3.63) is 53.3 Å². The standard InChI is InChI=1S/C22H23FN2O2/c1-13-5-4-10-25(3)18-12-19-17(11-16(13)18)20(22(26)24-2)21(27-19)14-6-8-15(23)9-7-14/h6-9,11-13H,4-5,10H2,1-3H3,(H,24,26). The van der Waals surface area contributed by atoms with Crippen molar-refractivity contribution in [2.24, 2.45) is 0 Å². The first-order valence-electron chi connectivity index (χ1n) is 9.29. The minimum absolute atomic E-state index is 0.206. The van der Waals surface area contributed by atoms with Crippen molar-refractivity contribution in [3.63, 3.8) is 0 Å². The molecule has 0 saturated heterocycles. The van der Waals surface area contributed by atoms with Crippen LogP contribution in [-0.2, 0) is 0 Å². The van der Waals surface area contributed by atoms with E-state index in [4.69, 9.17) is 4.42 Å². The summed E-state index contributed by atoms with van der Waals surface area (Å²) in [5.41, 5.74) is 4.24. The number of hydrogen-bond acceptors (Lipinski definition) is 3. The van der Waals surface area contributed by atoms with Crippen molar-refractivity contribution in [1.29, 1.82) is 0 Å². The number of nitrogens with zero attached hydrogens (tertiary/aromatic N) is 1. The zero-order valence-corrected chi connectivity index (χ0v) is 15.8. The number of benzene rings is 2. The number of carbonyl (C=O) groups excluding carboxylic acids is 1. The van der Waals surface area contributed by atoms with E-state index in [0.29, 0.717) is 28.4 Å². The molecule has 0 aliphatic carbocycles. The topological polar surface area (TPSA) is 45.5 Å².